The first kappa shape index (κ1) is 12.2. The van der Waals surface area contributed by atoms with E-state index in [1.54, 1.807) is 0 Å². The summed E-state index contributed by atoms with van der Waals surface area (Å²) in [5.74, 6) is -1.25. The van der Waals surface area contributed by atoms with Gasteiger partial charge in [-0.2, -0.15) is 13.2 Å². The van der Waals surface area contributed by atoms with Crippen LogP contribution < -0.4 is 0 Å². The topological polar surface area (TPSA) is 55.8 Å². The van der Waals surface area contributed by atoms with Gasteiger partial charge in [0.15, 0.2) is 6.10 Å². The highest BCUT2D eigenvalue weighted by atomic mass is 19.4. The fourth-order valence-corrected chi connectivity index (χ4v) is 0.379. The first-order valence-corrected chi connectivity index (χ1v) is 3.32. The second-order valence-corrected chi connectivity index (χ2v) is 2.23. The summed E-state index contributed by atoms with van der Waals surface area (Å²) in [5, 5.41) is 8.24. The van der Waals surface area contributed by atoms with E-state index in [4.69, 9.17) is 5.11 Å². The Bertz CT molecular complexity index is 168. The molecule has 4 nitrogen and oxygen atoms in total. The fourth-order valence-electron chi connectivity index (χ4n) is 0.379. The number of hydrogen-bond acceptors (Lipinski definition) is 3. The van der Waals surface area contributed by atoms with Crippen LogP contribution in [0.25, 0.3) is 0 Å². The van der Waals surface area contributed by atoms with E-state index < -0.39 is 31.6 Å². The minimum absolute atomic E-state index is 0.688. The van der Waals surface area contributed by atoms with Gasteiger partial charge in [-0.15, -0.1) is 0 Å². The van der Waals surface area contributed by atoms with E-state index in [1.807, 2.05) is 0 Å². The second-order valence-electron chi connectivity index (χ2n) is 2.23. The highest BCUT2D eigenvalue weighted by Crippen LogP contribution is 2.14. The van der Waals surface area contributed by atoms with E-state index in [2.05, 4.69) is 9.47 Å². The van der Waals surface area contributed by atoms with Crippen molar-refractivity contribution in [1.82, 2.24) is 0 Å². The van der Waals surface area contributed by atoms with Crippen molar-refractivity contribution in [3.63, 3.8) is 0 Å². The number of halogens is 3. The Morgan fingerprint density at radius 2 is 2.08 bits per heavy atom. The summed E-state index contributed by atoms with van der Waals surface area (Å²) in [6.07, 6.45) is -5.59. The molecule has 0 aliphatic rings. The number of hydrogen-bond donors (Lipinski definition) is 1. The molecule has 0 bridgehead atoms. The van der Waals surface area contributed by atoms with Crippen LogP contribution >= 0.6 is 0 Å². The van der Waals surface area contributed by atoms with Gasteiger partial charge in [-0.25, -0.2) is 4.79 Å². The lowest BCUT2D eigenvalue weighted by Gasteiger charge is -2.10. The lowest BCUT2D eigenvalue weighted by Crippen LogP contribution is -2.24. The van der Waals surface area contributed by atoms with E-state index in [9.17, 15) is 18.0 Å². The van der Waals surface area contributed by atoms with Crippen LogP contribution in [0.1, 0.15) is 6.92 Å². The van der Waals surface area contributed by atoms with Gasteiger partial charge in [0.25, 0.3) is 0 Å². The average molecular weight is 202 g/mol. The molecule has 0 amide bonds. The molecule has 0 aromatic heterocycles. The van der Waals surface area contributed by atoms with E-state index >= 15 is 0 Å². The van der Waals surface area contributed by atoms with Crippen molar-refractivity contribution in [2.24, 2.45) is 0 Å². The maximum absolute atomic E-state index is 11.4. The number of alkyl halides is 3. The highest BCUT2D eigenvalue weighted by molar-refractivity contribution is 5.71. The molecule has 0 aromatic carbocycles. The molecule has 0 heterocycles. The van der Waals surface area contributed by atoms with E-state index in [0.717, 1.165) is 0 Å². The van der Waals surface area contributed by atoms with Gasteiger partial charge in [0.05, 0.1) is 0 Å². The third-order valence-corrected chi connectivity index (χ3v) is 1.01. The van der Waals surface area contributed by atoms with Gasteiger partial charge in [0.2, 0.25) is 0 Å². The van der Waals surface area contributed by atoms with Gasteiger partial charge in [-0.3, -0.25) is 0 Å². The SMILES string of the molecule is CC(OCOCC(F)(F)F)C(=O)O. The molecule has 1 N–H and O–H groups in total. The largest absolute Gasteiger partial charge is 0.479 e. The van der Waals surface area contributed by atoms with Gasteiger partial charge in [0.1, 0.15) is 13.4 Å². The summed E-state index contributed by atoms with van der Waals surface area (Å²) in [7, 11) is 0. The zero-order valence-electron chi connectivity index (χ0n) is 6.80. The molecule has 7 heteroatoms. The van der Waals surface area contributed by atoms with E-state index in [1.165, 1.54) is 6.92 Å². The van der Waals surface area contributed by atoms with Gasteiger partial charge in [-0.05, 0) is 6.92 Å². The van der Waals surface area contributed by atoms with Gasteiger partial charge in [-0.1, -0.05) is 0 Å². The zero-order valence-corrected chi connectivity index (χ0v) is 6.80. The maximum Gasteiger partial charge on any atom is 0.411 e. The van der Waals surface area contributed by atoms with Crippen LogP contribution in [-0.4, -0.2) is 36.8 Å². The molecule has 0 aliphatic carbocycles. The van der Waals surface area contributed by atoms with Crippen molar-refractivity contribution in [2.45, 2.75) is 19.2 Å². The Morgan fingerprint density at radius 1 is 1.54 bits per heavy atom. The third kappa shape index (κ3) is 7.54. The smallest absolute Gasteiger partial charge is 0.411 e. The lowest BCUT2D eigenvalue weighted by molar-refractivity contribution is -0.204. The molecular weight excluding hydrogens is 193 g/mol. The van der Waals surface area contributed by atoms with Crippen molar-refractivity contribution in [1.29, 1.82) is 0 Å². The number of aliphatic carboxylic acids is 1. The maximum atomic E-state index is 11.4. The summed E-state index contributed by atoms with van der Waals surface area (Å²) in [6, 6.07) is 0. The molecule has 1 atom stereocenters. The monoisotopic (exact) mass is 202 g/mol. The minimum Gasteiger partial charge on any atom is -0.479 e. The normalized spacial score (nSPS) is 14.2. The van der Waals surface area contributed by atoms with E-state index in [-0.39, 0.29) is 0 Å². The van der Waals surface area contributed by atoms with Gasteiger partial charge >= 0.3 is 12.1 Å². The van der Waals surface area contributed by atoms with Crippen LogP contribution in [0, 0.1) is 0 Å². The van der Waals surface area contributed by atoms with Crippen LogP contribution in [0.15, 0.2) is 0 Å². The number of carboxylic acids is 1. The molecule has 0 aromatic rings. The highest BCUT2D eigenvalue weighted by Gasteiger charge is 2.27. The average Bonchev–Trinajstić information content (AvgIpc) is 1.95. The zero-order chi connectivity index (χ0) is 10.5. The first-order chi connectivity index (χ1) is 5.83. The number of rotatable bonds is 5. The van der Waals surface area contributed by atoms with E-state index in [0.29, 0.717) is 0 Å². The predicted octanol–water partition coefficient (Wildman–Crippen LogP) is 1.01. The van der Waals surface area contributed by atoms with Gasteiger partial charge < -0.3 is 14.6 Å². The van der Waals surface area contributed by atoms with Gasteiger partial charge in [0, 0.05) is 0 Å². The van der Waals surface area contributed by atoms with Crippen molar-refractivity contribution >= 4 is 5.97 Å². The Morgan fingerprint density at radius 3 is 2.46 bits per heavy atom. The van der Waals surface area contributed by atoms with Crippen molar-refractivity contribution < 1.29 is 32.5 Å². The summed E-state index contributed by atoms with van der Waals surface area (Å²) in [6.45, 7) is -0.939. The first-order valence-electron chi connectivity index (χ1n) is 3.32. The van der Waals surface area contributed by atoms with Crippen molar-refractivity contribution in [2.75, 3.05) is 13.4 Å². The lowest BCUT2D eigenvalue weighted by atomic mass is 10.4. The van der Waals surface area contributed by atoms with Crippen molar-refractivity contribution in [3.8, 4) is 0 Å². The van der Waals surface area contributed by atoms with Crippen LogP contribution in [-0.2, 0) is 14.3 Å². The molecule has 0 saturated heterocycles. The number of carboxylic acid groups (broad SMARTS) is 1. The Labute approximate surface area is 72.2 Å². The van der Waals surface area contributed by atoms with Crippen LogP contribution in [0.2, 0.25) is 0 Å². The Balaban J connectivity index is 3.41. The second kappa shape index (κ2) is 5.03. The molecule has 0 fully saturated rings. The van der Waals surface area contributed by atoms with Crippen LogP contribution in [0.3, 0.4) is 0 Å². The van der Waals surface area contributed by atoms with Crippen molar-refractivity contribution in [3.05, 3.63) is 0 Å². The molecule has 0 saturated carbocycles. The summed E-state index contributed by atoms with van der Waals surface area (Å²) < 4.78 is 42.7. The summed E-state index contributed by atoms with van der Waals surface area (Å²) in [5.41, 5.74) is 0. The van der Waals surface area contributed by atoms with Crippen LogP contribution in [0.4, 0.5) is 13.2 Å². The molecule has 1 unspecified atom stereocenters. The molecule has 0 rings (SSSR count). The van der Waals surface area contributed by atoms with Crippen LogP contribution in [0.5, 0.6) is 0 Å². The molecule has 13 heavy (non-hydrogen) atoms. The summed E-state index contributed by atoms with van der Waals surface area (Å²) in [4.78, 5) is 10.1. The summed E-state index contributed by atoms with van der Waals surface area (Å²) >= 11 is 0. The Hall–Kier alpha value is -0.820. The molecule has 0 spiro atoms. The number of carbonyl (C=O) groups is 1. The molecular formula is C6H9F3O4. The fraction of sp³-hybridized carbons (Fsp3) is 0.833. The molecule has 78 valence electrons. The standard InChI is InChI=1S/C6H9F3O4/c1-4(5(10)11)13-3-12-2-6(7,8)9/h4H,2-3H2,1H3,(H,10,11). The molecule has 0 radical (unpaired) electrons. The number of ether oxygens (including phenoxy) is 2. The quantitative estimate of drug-likeness (QED) is 0.534. The molecule has 0 aliphatic heterocycles. The Kier molecular flexibility index (Phi) is 4.71. The predicted molar refractivity (Wildman–Crippen MR) is 35.1 cm³/mol. The minimum atomic E-state index is -4.42. The third-order valence-electron chi connectivity index (χ3n) is 1.01.